The van der Waals surface area contributed by atoms with E-state index >= 15 is 0 Å². The summed E-state index contributed by atoms with van der Waals surface area (Å²) in [6.45, 7) is 4.96. The van der Waals surface area contributed by atoms with Crippen molar-refractivity contribution in [3.05, 3.63) is 89.5 Å². The van der Waals surface area contributed by atoms with E-state index in [1.54, 1.807) is 30.5 Å². The molecular weight excluding hydrogens is 410 g/mol. The van der Waals surface area contributed by atoms with Crippen molar-refractivity contribution in [2.24, 2.45) is 4.99 Å². The van der Waals surface area contributed by atoms with Crippen molar-refractivity contribution in [3.63, 3.8) is 0 Å². The van der Waals surface area contributed by atoms with Gasteiger partial charge in [-0.2, -0.15) is 0 Å². The van der Waals surface area contributed by atoms with Gasteiger partial charge in [-0.05, 0) is 79.1 Å². The minimum absolute atomic E-state index is 0.390. The summed E-state index contributed by atoms with van der Waals surface area (Å²) >= 11 is 0. The van der Waals surface area contributed by atoms with E-state index < -0.39 is 0 Å². The third-order valence-corrected chi connectivity index (χ3v) is 5.42. The van der Waals surface area contributed by atoms with Gasteiger partial charge in [0.05, 0.1) is 17.9 Å². The summed E-state index contributed by atoms with van der Waals surface area (Å²) in [4.78, 5) is 17.0. The lowest BCUT2D eigenvalue weighted by atomic mass is 10.1. The molecule has 0 amide bonds. The lowest BCUT2D eigenvalue weighted by Crippen LogP contribution is -2.08. The average molecular weight is 444 g/mol. The molecule has 4 heteroatoms. The zero-order valence-electron chi connectivity index (χ0n) is 19.6. The van der Waals surface area contributed by atoms with Crippen LogP contribution in [0, 0.1) is 6.92 Å². The Morgan fingerprint density at radius 2 is 1.48 bits per heavy atom. The zero-order chi connectivity index (χ0) is 23.3. The van der Waals surface area contributed by atoms with Gasteiger partial charge in [0, 0.05) is 6.21 Å². The van der Waals surface area contributed by atoms with Crippen LogP contribution in [-0.4, -0.2) is 18.8 Å². The van der Waals surface area contributed by atoms with E-state index in [1.165, 1.54) is 32.1 Å². The molecule has 0 bridgehead atoms. The van der Waals surface area contributed by atoms with E-state index in [9.17, 15) is 4.79 Å². The van der Waals surface area contributed by atoms with Gasteiger partial charge in [-0.15, -0.1) is 0 Å². The van der Waals surface area contributed by atoms with Crippen molar-refractivity contribution in [2.75, 3.05) is 6.61 Å². The third-order valence-electron chi connectivity index (χ3n) is 5.42. The number of rotatable bonds is 12. The molecular formula is C29H33NO3. The molecule has 0 heterocycles. The van der Waals surface area contributed by atoms with Gasteiger partial charge in [0.15, 0.2) is 0 Å². The number of hydrogen-bond donors (Lipinski definition) is 0. The van der Waals surface area contributed by atoms with Gasteiger partial charge in [0.2, 0.25) is 0 Å². The maximum absolute atomic E-state index is 12.5. The molecule has 0 aliphatic carbocycles. The predicted octanol–water partition coefficient (Wildman–Crippen LogP) is 7.70. The van der Waals surface area contributed by atoms with Crippen molar-refractivity contribution in [1.82, 2.24) is 0 Å². The number of para-hydroxylation sites is 1. The minimum Gasteiger partial charge on any atom is -0.494 e. The second kappa shape index (κ2) is 13.2. The first kappa shape index (κ1) is 24.2. The molecule has 0 aliphatic heterocycles. The van der Waals surface area contributed by atoms with Crippen LogP contribution in [0.25, 0.3) is 0 Å². The van der Waals surface area contributed by atoms with Gasteiger partial charge in [0.1, 0.15) is 11.5 Å². The van der Waals surface area contributed by atoms with Gasteiger partial charge >= 0.3 is 5.97 Å². The Bertz CT molecular complexity index is 1020. The van der Waals surface area contributed by atoms with E-state index in [-0.39, 0.29) is 5.97 Å². The van der Waals surface area contributed by atoms with Gasteiger partial charge in [-0.25, -0.2) is 4.79 Å². The highest BCUT2D eigenvalue weighted by Crippen LogP contribution is 2.19. The smallest absolute Gasteiger partial charge is 0.343 e. The van der Waals surface area contributed by atoms with Crippen molar-refractivity contribution in [1.29, 1.82) is 0 Å². The topological polar surface area (TPSA) is 47.9 Å². The lowest BCUT2D eigenvalue weighted by Gasteiger charge is -2.08. The first-order valence-electron chi connectivity index (χ1n) is 11.8. The van der Waals surface area contributed by atoms with Crippen LogP contribution in [-0.2, 0) is 0 Å². The molecule has 0 aromatic heterocycles. The van der Waals surface area contributed by atoms with Crippen LogP contribution in [0.5, 0.6) is 11.5 Å². The summed E-state index contributed by atoms with van der Waals surface area (Å²) in [5, 5.41) is 0. The summed E-state index contributed by atoms with van der Waals surface area (Å²) in [7, 11) is 0. The number of ether oxygens (including phenoxy) is 2. The number of nitrogens with zero attached hydrogens (tertiary/aromatic N) is 1. The molecule has 0 atom stereocenters. The normalized spacial score (nSPS) is 11.0. The Balaban J connectivity index is 1.45. The summed E-state index contributed by atoms with van der Waals surface area (Å²) in [6.07, 6.45) is 9.20. The van der Waals surface area contributed by atoms with Gasteiger partial charge in [-0.1, -0.05) is 57.2 Å². The molecule has 0 radical (unpaired) electrons. The standard InChI is InChI=1S/C29H33NO3/c1-3-4-5-6-7-10-21-32-26-19-15-25(16-20-26)29(31)33-27-17-13-24(14-18-27)22-30-28-12-9-8-11-23(28)2/h8-9,11-20,22H,3-7,10,21H2,1-2H3. The highest BCUT2D eigenvalue weighted by molar-refractivity contribution is 5.91. The Morgan fingerprint density at radius 1 is 0.818 bits per heavy atom. The summed E-state index contributed by atoms with van der Waals surface area (Å²) in [6, 6.07) is 22.4. The Hall–Kier alpha value is -3.40. The second-order valence-electron chi connectivity index (χ2n) is 8.14. The molecule has 0 saturated carbocycles. The maximum Gasteiger partial charge on any atom is 0.343 e. The van der Waals surface area contributed by atoms with Crippen LogP contribution >= 0.6 is 0 Å². The molecule has 0 unspecified atom stereocenters. The summed E-state index contributed by atoms with van der Waals surface area (Å²) in [5.41, 5.74) is 3.49. The third kappa shape index (κ3) is 8.23. The van der Waals surface area contributed by atoms with Crippen LogP contribution < -0.4 is 9.47 Å². The molecule has 3 aromatic carbocycles. The Labute approximate surface area is 197 Å². The van der Waals surface area contributed by atoms with Crippen molar-refractivity contribution >= 4 is 17.9 Å². The monoisotopic (exact) mass is 443 g/mol. The number of hydrogen-bond acceptors (Lipinski definition) is 4. The van der Waals surface area contributed by atoms with E-state index in [0.29, 0.717) is 17.9 Å². The number of benzene rings is 3. The van der Waals surface area contributed by atoms with Crippen molar-refractivity contribution in [3.8, 4) is 11.5 Å². The van der Waals surface area contributed by atoms with E-state index in [0.717, 1.165) is 29.0 Å². The largest absolute Gasteiger partial charge is 0.494 e. The van der Waals surface area contributed by atoms with Gasteiger partial charge in [-0.3, -0.25) is 4.99 Å². The Morgan fingerprint density at radius 3 is 2.21 bits per heavy atom. The first-order valence-corrected chi connectivity index (χ1v) is 11.8. The van der Waals surface area contributed by atoms with Crippen LogP contribution in [0.15, 0.2) is 77.8 Å². The first-order chi connectivity index (χ1) is 16.2. The van der Waals surface area contributed by atoms with Crippen LogP contribution in [0.1, 0.15) is 66.9 Å². The quantitative estimate of drug-likeness (QED) is 0.125. The highest BCUT2D eigenvalue weighted by atomic mass is 16.5. The lowest BCUT2D eigenvalue weighted by molar-refractivity contribution is 0.0734. The number of unbranched alkanes of at least 4 members (excludes halogenated alkanes) is 5. The molecule has 33 heavy (non-hydrogen) atoms. The molecule has 3 aromatic rings. The molecule has 0 N–H and O–H groups in total. The second-order valence-corrected chi connectivity index (χ2v) is 8.14. The summed E-state index contributed by atoms with van der Waals surface area (Å²) < 4.78 is 11.3. The van der Waals surface area contributed by atoms with E-state index in [1.807, 2.05) is 55.5 Å². The fourth-order valence-corrected chi connectivity index (χ4v) is 3.40. The number of aryl methyl sites for hydroxylation is 1. The average Bonchev–Trinajstić information content (AvgIpc) is 2.84. The number of aliphatic imine (C=N–C) groups is 1. The van der Waals surface area contributed by atoms with Gasteiger partial charge in [0.25, 0.3) is 0 Å². The molecule has 172 valence electrons. The van der Waals surface area contributed by atoms with Crippen LogP contribution in [0.2, 0.25) is 0 Å². The van der Waals surface area contributed by atoms with Gasteiger partial charge < -0.3 is 9.47 Å². The zero-order valence-corrected chi connectivity index (χ0v) is 19.6. The van der Waals surface area contributed by atoms with Crippen LogP contribution in [0.3, 0.4) is 0 Å². The minimum atomic E-state index is -0.390. The number of carbonyl (C=O) groups excluding carboxylic acids is 1. The maximum atomic E-state index is 12.5. The molecule has 3 rings (SSSR count). The highest BCUT2D eigenvalue weighted by Gasteiger charge is 2.09. The molecule has 4 nitrogen and oxygen atoms in total. The van der Waals surface area contributed by atoms with E-state index in [4.69, 9.17) is 9.47 Å². The fourth-order valence-electron chi connectivity index (χ4n) is 3.40. The number of carbonyl (C=O) groups is 1. The Kier molecular flexibility index (Phi) is 9.71. The molecule has 0 saturated heterocycles. The van der Waals surface area contributed by atoms with Crippen molar-refractivity contribution in [2.45, 2.75) is 52.4 Å². The predicted molar refractivity (Wildman–Crippen MR) is 135 cm³/mol. The SMILES string of the molecule is CCCCCCCCOc1ccc(C(=O)Oc2ccc(C=Nc3ccccc3C)cc2)cc1. The number of esters is 1. The molecule has 0 spiro atoms. The fraction of sp³-hybridized carbons (Fsp3) is 0.310. The summed E-state index contributed by atoms with van der Waals surface area (Å²) in [5.74, 6) is 0.882. The van der Waals surface area contributed by atoms with Crippen LogP contribution in [0.4, 0.5) is 5.69 Å². The molecule has 0 fully saturated rings. The van der Waals surface area contributed by atoms with E-state index in [2.05, 4.69) is 11.9 Å². The molecule has 0 aliphatic rings. The van der Waals surface area contributed by atoms with Crippen molar-refractivity contribution < 1.29 is 14.3 Å².